The van der Waals surface area contributed by atoms with Crippen molar-refractivity contribution in [3.8, 4) is 0 Å². The Hall–Kier alpha value is -0.660. The van der Waals surface area contributed by atoms with Gasteiger partial charge in [-0.15, -0.1) is 0 Å². The third-order valence-corrected chi connectivity index (χ3v) is 3.95. The van der Waals surface area contributed by atoms with Gasteiger partial charge < -0.3 is 5.11 Å². The molecule has 84 valence electrons. The number of nitrogens with zero attached hydrogens (tertiary/aromatic N) is 1. The van der Waals surface area contributed by atoms with E-state index in [1.54, 1.807) is 0 Å². The highest BCUT2D eigenvalue weighted by Crippen LogP contribution is 2.22. The fourth-order valence-electron chi connectivity index (χ4n) is 1.02. The molecule has 0 saturated heterocycles. The molecule has 0 rings (SSSR count). The maximum atomic E-state index is 10.9. The van der Waals surface area contributed by atoms with Crippen molar-refractivity contribution in [2.24, 2.45) is 0 Å². The minimum absolute atomic E-state index is 1.16. The van der Waals surface area contributed by atoms with Crippen molar-refractivity contribution in [3.63, 3.8) is 0 Å². The Morgan fingerprint density at radius 1 is 1.43 bits per heavy atom. The third kappa shape index (κ3) is 2.23. The fraction of sp³-hybridized carbons (Fsp3) is 0.857. The van der Waals surface area contributed by atoms with Crippen LogP contribution in [0.25, 0.3) is 0 Å². The fourth-order valence-corrected chi connectivity index (χ4v) is 1.91. The average molecular weight is 225 g/mol. The molecule has 0 amide bonds. The summed E-state index contributed by atoms with van der Waals surface area (Å²) in [5, 5.41) is 7.52. The van der Waals surface area contributed by atoms with Crippen molar-refractivity contribution in [2.75, 3.05) is 14.1 Å². The second-order valence-electron chi connectivity index (χ2n) is 3.50. The summed E-state index contributed by atoms with van der Waals surface area (Å²) in [5.74, 6) is -1.30. The van der Waals surface area contributed by atoms with E-state index in [-0.39, 0.29) is 0 Å². The number of carboxylic acid groups (broad SMARTS) is 1. The lowest BCUT2D eigenvalue weighted by molar-refractivity contribution is -0.148. The predicted molar refractivity (Wildman–Crippen MR) is 50.7 cm³/mol. The molecule has 2 unspecified atom stereocenters. The van der Waals surface area contributed by atoms with Gasteiger partial charge in [-0.3, -0.25) is 14.2 Å². The van der Waals surface area contributed by atoms with E-state index in [4.69, 9.17) is 9.66 Å². The SMILES string of the molecule is CC(C(C)(C(=O)O)N(C)C)S(=O)(=O)O. The van der Waals surface area contributed by atoms with Crippen LogP contribution < -0.4 is 0 Å². The van der Waals surface area contributed by atoms with E-state index in [9.17, 15) is 13.2 Å². The summed E-state index contributed by atoms with van der Waals surface area (Å²) in [6.45, 7) is 2.40. The maximum absolute atomic E-state index is 10.9. The quantitative estimate of drug-likeness (QED) is 0.636. The first-order chi connectivity index (χ1) is 6.04. The van der Waals surface area contributed by atoms with Gasteiger partial charge in [0.05, 0.1) is 0 Å². The molecule has 7 heteroatoms. The smallest absolute Gasteiger partial charge is 0.325 e. The molecule has 6 nitrogen and oxygen atoms in total. The largest absolute Gasteiger partial charge is 0.480 e. The summed E-state index contributed by atoms with van der Waals surface area (Å²) in [4.78, 5) is 12.2. The molecule has 2 N–H and O–H groups in total. The number of carbonyl (C=O) groups is 1. The summed E-state index contributed by atoms with van der Waals surface area (Å²) in [6, 6.07) is 0. The molecule has 0 bridgehead atoms. The predicted octanol–water partition coefficient (Wildman–Crippen LogP) is -0.332. The third-order valence-electron chi connectivity index (χ3n) is 2.60. The summed E-state index contributed by atoms with van der Waals surface area (Å²) in [7, 11) is -1.49. The Labute approximate surface area is 83.3 Å². The van der Waals surface area contributed by atoms with Gasteiger partial charge in [0.15, 0.2) is 0 Å². The average Bonchev–Trinajstić information content (AvgIpc) is 1.99. The molecular formula is C7H15NO5S. The monoisotopic (exact) mass is 225 g/mol. The standard InChI is InChI=1S/C7H15NO5S/c1-5(14(11,12)13)7(2,6(9)10)8(3)4/h5H,1-4H3,(H,9,10)(H,11,12,13). The van der Waals surface area contributed by atoms with E-state index in [1.165, 1.54) is 25.9 Å². The van der Waals surface area contributed by atoms with Gasteiger partial charge in [0.1, 0.15) is 10.8 Å². The highest BCUT2D eigenvalue weighted by Gasteiger charge is 2.47. The second-order valence-corrected chi connectivity index (χ2v) is 5.24. The minimum atomic E-state index is -4.37. The lowest BCUT2D eigenvalue weighted by atomic mass is 9.97. The molecular weight excluding hydrogens is 210 g/mol. The van der Waals surface area contributed by atoms with Crippen molar-refractivity contribution in [2.45, 2.75) is 24.6 Å². The number of likely N-dealkylation sites (N-methyl/N-ethyl adjacent to an activating group) is 1. The Morgan fingerprint density at radius 3 is 1.86 bits per heavy atom. The number of carboxylic acids is 1. The lowest BCUT2D eigenvalue weighted by Crippen LogP contribution is -2.58. The van der Waals surface area contributed by atoms with Gasteiger partial charge in [-0.2, -0.15) is 8.42 Å². The van der Waals surface area contributed by atoms with E-state index in [2.05, 4.69) is 0 Å². The van der Waals surface area contributed by atoms with E-state index >= 15 is 0 Å². The molecule has 0 saturated carbocycles. The van der Waals surface area contributed by atoms with Gasteiger partial charge in [-0.25, -0.2) is 0 Å². The second kappa shape index (κ2) is 3.84. The van der Waals surface area contributed by atoms with Gasteiger partial charge in [-0.05, 0) is 27.9 Å². The van der Waals surface area contributed by atoms with Gasteiger partial charge in [-0.1, -0.05) is 0 Å². The molecule has 0 aromatic rings. The molecule has 0 aliphatic heterocycles. The van der Waals surface area contributed by atoms with Crippen molar-refractivity contribution in [1.29, 1.82) is 0 Å². The molecule has 0 fully saturated rings. The number of hydrogen-bond acceptors (Lipinski definition) is 4. The Morgan fingerprint density at radius 2 is 1.79 bits per heavy atom. The van der Waals surface area contributed by atoms with Gasteiger partial charge in [0, 0.05) is 0 Å². The molecule has 2 atom stereocenters. The van der Waals surface area contributed by atoms with Gasteiger partial charge >= 0.3 is 5.97 Å². The first kappa shape index (κ1) is 13.3. The molecule has 0 aromatic heterocycles. The summed E-state index contributed by atoms with van der Waals surface area (Å²) in [5.41, 5.74) is -1.65. The normalized spacial score (nSPS) is 19.0. The van der Waals surface area contributed by atoms with Crippen LogP contribution in [0.3, 0.4) is 0 Å². The van der Waals surface area contributed by atoms with Crippen LogP contribution in [0.15, 0.2) is 0 Å². The maximum Gasteiger partial charge on any atom is 0.325 e. The van der Waals surface area contributed by atoms with E-state index in [1.807, 2.05) is 0 Å². The molecule has 0 spiro atoms. The number of aliphatic carboxylic acids is 1. The van der Waals surface area contributed by atoms with Crippen LogP contribution in [-0.2, 0) is 14.9 Å². The summed E-state index contributed by atoms with van der Waals surface area (Å²) < 4.78 is 30.5. The highest BCUT2D eigenvalue weighted by atomic mass is 32.2. The van der Waals surface area contributed by atoms with Crippen LogP contribution in [0, 0.1) is 0 Å². The van der Waals surface area contributed by atoms with E-state index < -0.39 is 26.9 Å². The van der Waals surface area contributed by atoms with Crippen LogP contribution in [0.1, 0.15) is 13.8 Å². The minimum Gasteiger partial charge on any atom is -0.480 e. The van der Waals surface area contributed by atoms with Crippen LogP contribution >= 0.6 is 0 Å². The summed E-state index contributed by atoms with van der Waals surface area (Å²) >= 11 is 0. The Kier molecular flexibility index (Phi) is 3.65. The van der Waals surface area contributed by atoms with E-state index in [0.29, 0.717) is 0 Å². The van der Waals surface area contributed by atoms with Crippen molar-refractivity contribution in [1.82, 2.24) is 4.90 Å². The molecule has 14 heavy (non-hydrogen) atoms. The zero-order valence-electron chi connectivity index (χ0n) is 8.55. The highest BCUT2D eigenvalue weighted by molar-refractivity contribution is 7.86. The van der Waals surface area contributed by atoms with Gasteiger partial charge in [0.25, 0.3) is 10.1 Å². The van der Waals surface area contributed by atoms with Gasteiger partial charge in [0.2, 0.25) is 0 Å². The molecule has 0 radical (unpaired) electrons. The zero-order valence-corrected chi connectivity index (χ0v) is 9.37. The first-order valence-electron chi connectivity index (χ1n) is 3.91. The lowest BCUT2D eigenvalue weighted by Gasteiger charge is -2.35. The number of rotatable bonds is 4. The van der Waals surface area contributed by atoms with Crippen LogP contribution in [0.4, 0.5) is 0 Å². The zero-order chi connectivity index (χ0) is 11.7. The molecule has 0 aliphatic rings. The first-order valence-corrected chi connectivity index (χ1v) is 5.42. The van der Waals surface area contributed by atoms with Crippen LogP contribution in [0.2, 0.25) is 0 Å². The molecule has 0 heterocycles. The Balaban J connectivity index is 5.36. The van der Waals surface area contributed by atoms with Crippen molar-refractivity contribution < 1.29 is 22.9 Å². The van der Waals surface area contributed by atoms with Crippen LogP contribution in [0.5, 0.6) is 0 Å². The van der Waals surface area contributed by atoms with Crippen molar-refractivity contribution >= 4 is 16.1 Å². The topological polar surface area (TPSA) is 94.9 Å². The van der Waals surface area contributed by atoms with Crippen molar-refractivity contribution in [3.05, 3.63) is 0 Å². The van der Waals surface area contributed by atoms with Crippen LogP contribution in [-0.4, -0.2) is 53.8 Å². The Bertz CT molecular complexity index is 323. The summed E-state index contributed by atoms with van der Waals surface area (Å²) in [6.07, 6.45) is 0. The molecule has 0 aromatic carbocycles. The molecule has 0 aliphatic carbocycles. The number of hydrogen-bond donors (Lipinski definition) is 2. The van der Waals surface area contributed by atoms with E-state index in [0.717, 1.165) is 6.92 Å².